The van der Waals surface area contributed by atoms with Crippen LogP contribution in [0.25, 0.3) is 0 Å². The van der Waals surface area contributed by atoms with E-state index in [4.69, 9.17) is 21.1 Å². The van der Waals surface area contributed by atoms with Crippen LogP contribution < -0.4 is 10.1 Å². The van der Waals surface area contributed by atoms with Gasteiger partial charge < -0.3 is 14.8 Å². The number of non-ortho nitro benzene ring substituents is 1. The molecule has 0 saturated carbocycles. The van der Waals surface area contributed by atoms with E-state index in [1.54, 1.807) is 31.2 Å². The lowest BCUT2D eigenvalue weighted by atomic mass is 10.2. The third kappa shape index (κ3) is 5.37. The predicted molar refractivity (Wildman–Crippen MR) is 112 cm³/mol. The SMILES string of the molecule is CCOC(=O)c1cc(C(=O)Nc2cc(Oc3ccc(Cl)cc3)cc([N+](=O)[O-])c2)nn1C. The first-order chi connectivity index (χ1) is 14.8. The zero-order chi connectivity index (χ0) is 22.5. The highest BCUT2D eigenvalue weighted by molar-refractivity contribution is 6.30. The largest absolute Gasteiger partial charge is 0.461 e. The summed E-state index contributed by atoms with van der Waals surface area (Å²) < 4.78 is 11.8. The summed E-state index contributed by atoms with van der Waals surface area (Å²) in [5, 5.41) is 18.3. The van der Waals surface area contributed by atoms with E-state index in [1.165, 1.54) is 36.0 Å². The summed E-state index contributed by atoms with van der Waals surface area (Å²) in [5.74, 6) is -0.735. The zero-order valence-corrected chi connectivity index (χ0v) is 17.3. The average molecular weight is 445 g/mol. The van der Waals surface area contributed by atoms with Crippen LogP contribution in [0.5, 0.6) is 11.5 Å². The number of ether oxygens (including phenoxy) is 2. The van der Waals surface area contributed by atoms with Crippen LogP contribution in [0.3, 0.4) is 0 Å². The molecule has 0 unspecified atom stereocenters. The van der Waals surface area contributed by atoms with E-state index in [1.807, 2.05) is 0 Å². The monoisotopic (exact) mass is 444 g/mol. The number of hydrogen-bond acceptors (Lipinski definition) is 7. The molecule has 0 aliphatic rings. The Hall–Kier alpha value is -3.92. The number of rotatable bonds is 7. The lowest BCUT2D eigenvalue weighted by molar-refractivity contribution is -0.384. The third-order valence-electron chi connectivity index (χ3n) is 4.01. The number of nitrogens with one attached hydrogen (secondary N) is 1. The molecular weight excluding hydrogens is 428 g/mol. The van der Waals surface area contributed by atoms with Gasteiger partial charge in [-0.3, -0.25) is 19.6 Å². The Kier molecular flexibility index (Phi) is 6.51. The van der Waals surface area contributed by atoms with Crippen molar-refractivity contribution in [3.05, 3.63) is 75.1 Å². The second-order valence-electron chi connectivity index (χ2n) is 6.24. The van der Waals surface area contributed by atoms with Gasteiger partial charge in [0.05, 0.1) is 23.3 Å². The zero-order valence-electron chi connectivity index (χ0n) is 16.5. The summed E-state index contributed by atoms with van der Waals surface area (Å²) in [5.41, 5.74) is -0.128. The van der Waals surface area contributed by atoms with Crippen molar-refractivity contribution in [1.29, 1.82) is 0 Å². The van der Waals surface area contributed by atoms with E-state index < -0.39 is 16.8 Å². The molecule has 3 rings (SSSR count). The molecule has 0 bridgehead atoms. The van der Waals surface area contributed by atoms with Gasteiger partial charge in [-0.05, 0) is 31.2 Å². The van der Waals surface area contributed by atoms with Crippen LogP contribution in [0.4, 0.5) is 11.4 Å². The Bertz CT molecular complexity index is 1140. The fourth-order valence-corrected chi connectivity index (χ4v) is 2.75. The number of aryl methyl sites for hydroxylation is 1. The molecule has 0 fully saturated rings. The molecule has 1 amide bonds. The summed E-state index contributed by atoms with van der Waals surface area (Å²) in [6, 6.07) is 11.5. The van der Waals surface area contributed by atoms with Crippen LogP contribution in [0, 0.1) is 10.1 Å². The maximum atomic E-state index is 12.6. The molecule has 0 atom stereocenters. The number of aromatic nitrogens is 2. The third-order valence-corrected chi connectivity index (χ3v) is 4.26. The van der Waals surface area contributed by atoms with Gasteiger partial charge in [-0.25, -0.2) is 4.79 Å². The molecule has 3 aromatic rings. The van der Waals surface area contributed by atoms with Crippen molar-refractivity contribution in [1.82, 2.24) is 9.78 Å². The molecule has 2 aromatic carbocycles. The first kappa shape index (κ1) is 21.8. The topological polar surface area (TPSA) is 126 Å². The molecular formula is C20H17ClN4O6. The quantitative estimate of drug-likeness (QED) is 0.328. The average Bonchev–Trinajstić information content (AvgIpc) is 3.12. The molecule has 160 valence electrons. The Morgan fingerprint density at radius 2 is 1.87 bits per heavy atom. The number of nitro groups is 1. The molecule has 1 heterocycles. The van der Waals surface area contributed by atoms with Gasteiger partial charge >= 0.3 is 5.97 Å². The van der Waals surface area contributed by atoms with Crippen molar-refractivity contribution in [3.8, 4) is 11.5 Å². The first-order valence-electron chi connectivity index (χ1n) is 9.02. The van der Waals surface area contributed by atoms with E-state index in [2.05, 4.69) is 10.4 Å². The minimum Gasteiger partial charge on any atom is -0.461 e. The Labute approximate surface area is 181 Å². The summed E-state index contributed by atoms with van der Waals surface area (Å²) >= 11 is 5.84. The van der Waals surface area contributed by atoms with Crippen molar-refractivity contribution in [3.63, 3.8) is 0 Å². The standard InChI is InChI=1S/C20H17ClN4O6/c1-3-30-20(27)18-11-17(23-24(18)2)19(26)22-13-8-14(25(28)29)10-16(9-13)31-15-6-4-12(21)5-7-15/h4-11H,3H2,1-2H3,(H,22,26). The van der Waals surface area contributed by atoms with Crippen molar-refractivity contribution >= 4 is 34.9 Å². The summed E-state index contributed by atoms with van der Waals surface area (Å²) in [7, 11) is 1.49. The fraction of sp³-hybridized carbons (Fsp3) is 0.150. The van der Waals surface area contributed by atoms with E-state index in [-0.39, 0.29) is 35.1 Å². The number of hydrogen-bond donors (Lipinski definition) is 1. The number of carbonyl (C=O) groups excluding carboxylic acids is 2. The molecule has 31 heavy (non-hydrogen) atoms. The van der Waals surface area contributed by atoms with Crippen molar-refractivity contribution in [2.75, 3.05) is 11.9 Å². The van der Waals surface area contributed by atoms with Gasteiger partial charge in [0.25, 0.3) is 11.6 Å². The Morgan fingerprint density at radius 3 is 2.52 bits per heavy atom. The highest BCUT2D eigenvalue weighted by Gasteiger charge is 2.20. The molecule has 11 heteroatoms. The van der Waals surface area contributed by atoms with Gasteiger partial charge in [0.15, 0.2) is 5.69 Å². The van der Waals surface area contributed by atoms with Gasteiger partial charge in [0.1, 0.15) is 17.2 Å². The maximum absolute atomic E-state index is 12.6. The number of nitrogens with zero attached hydrogens (tertiary/aromatic N) is 3. The van der Waals surface area contributed by atoms with E-state index in [0.717, 1.165) is 0 Å². The van der Waals surface area contributed by atoms with Crippen LogP contribution in [0.2, 0.25) is 5.02 Å². The molecule has 10 nitrogen and oxygen atoms in total. The number of carbonyl (C=O) groups is 2. The highest BCUT2D eigenvalue weighted by atomic mass is 35.5. The van der Waals surface area contributed by atoms with Crippen molar-refractivity contribution in [2.24, 2.45) is 7.05 Å². The number of benzene rings is 2. The van der Waals surface area contributed by atoms with Crippen molar-refractivity contribution < 1.29 is 24.0 Å². The van der Waals surface area contributed by atoms with Crippen molar-refractivity contribution in [2.45, 2.75) is 6.92 Å². The normalized spacial score (nSPS) is 10.4. The lowest BCUT2D eigenvalue weighted by Crippen LogP contribution is -2.13. The van der Waals surface area contributed by atoms with Gasteiger partial charge in [-0.1, -0.05) is 11.6 Å². The molecule has 1 N–H and O–H groups in total. The van der Waals surface area contributed by atoms with Crippen LogP contribution >= 0.6 is 11.6 Å². The summed E-state index contributed by atoms with van der Waals surface area (Å²) in [6.45, 7) is 1.84. The van der Waals surface area contributed by atoms with E-state index in [0.29, 0.717) is 10.8 Å². The second kappa shape index (κ2) is 9.26. The molecule has 1 aromatic heterocycles. The highest BCUT2D eigenvalue weighted by Crippen LogP contribution is 2.30. The Balaban J connectivity index is 1.85. The number of esters is 1. The van der Waals surface area contributed by atoms with Crippen LogP contribution in [-0.4, -0.2) is 33.2 Å². The number of amides is 1. The number of halogens is 1. The van der Waals surface area contributed by atoms with Crippen LogP contribution in [0.1, 0.15) is 27.9 Å². The van der Waals surface area contributed by atoms with E-state index in [9.17, 15) is 19.7 Å². The summed E-state index contributed by atoms with van der Waals surface area (Å²) in [6.07, 6.45) is 0. The van der Waals surface area contributed by atoms with Crippen LogP contribution in [0.15, 0.2) is 48.5 Å². The predicted octanol–water partition coefficient (Wildman–Crippen LogP) is 4.20. The lowest BCUT2D eigenvalue weighted by Gasteiger charge is -2.09. The van der Waals surface area contributed by atoms with Gasteiger partial charge in [-0.2, -0.15) is 5.10 Å². The molecule has 0 saturated heterocycles. The molecule has 0 radical (unpaired) electrons. The second-order valence-corrected chi connectivity index (χ2v) is 6.68. The fourth-order valence-electron chi connectivity index (χ4n) is 2.63. The molecule has 0 aliphatic heterocycles. The molecule has 0 spiro atoms. The number of anilines is 1. The number of nitro benzene ring substituents is 1. The maximum Gasteiger partial charge on any atom is 0.356 e. The minimum atomic E-state index is -0.663. The van der Waals surface area contributed by atoms with Gasteiger partial charge in [0.2, 0.25) is 0 Å². The summed E-state index contributed by atoms with van der Waals surface area (Å²) in [4.78, 5) is 35.2. The smallest absolute Gasteiger partial charge is 0.356 e. The molecule has 0 aliphatic carbocycles. The Morgan fingerprint density at radius 1 is 1.16 bits per heavy atom. The minimum absolute atomic E-state index is 0.0581. The van der Waals surface area contributed by atoms with Gasteiger partial charge in [-0.15, -0.1) is 0 Å². The van der Waals surface area contributed by atoms with E-state index >= 15 is 0 Å². The first-order valence-corrected chi connectivity index (χ1v) is 9.40. The van der Waals surface area contributed by atoms with Gasteiger partial charge in [0, 0.05) is 30.3 Å². The van der Waals surface area contributed by atoms with Crippen LogP contribution in [-0.2, 0) is 11.8 Å².